The van der Waals surface area contributed by atoms with Gasteiger partial charge in [0, 0.05) is 0 Å². The van der Waals surface area contributed by atoms with Crippen LogP contribution < -0.4 is 5.32 Å². The lowest BCUT2D eigenvalue weighted by molar-refractivity contribution is -0.125. The standard InChI is InChI=1S/C23H20FNO3/c24-20-13-11-19(12-14-20)23(27)28-16-22(26)25-21(18-9-5-2-6-10-18)15-17-7-3-1-4-8-17/h1-14,21H,15-16H2,(H,25,26)/t21-/m0/s1. The number of hydrogen-bond acceptors (Lipinski definition) is 3. The maximum Gasteiger partial charge on any atom is 0.338 e. The van der Waals surface area contributed by atoms with Crippen LogP contribution >= 0.6 is 0 Å². The quantitative estimate of drug-likeness (QED) is 0.631. The largest absolute Gasteiger partial charge is 0.452 e. The van der Waals surface area contributed by atoms with E-state index in [0.717, 1.165) is 11.1 Å². The van der Waals surface area contributed by atoms with Crippen LogP contribution in [0.3, 0.4) is 0 Å². The molecule has 0 aliphatic heterocycles. The van der Waals surface area contributed by atoms with Gasteiger partial charge in [0.15, 0.2) is 6.61 Å². The number of halogens is 1. The first-order valence-corrected chi connectivity index (χ1v) is 8.93. The smallest absolute Gasteiger partial charge is 0.338 e. The van der Waals surface area contributed by atoms with Gasteiger partial charge in [-0.05, 0) is 41.8 Å². The molecule has 1 atom stereocenters. The van der Waals surface area contributed by atoms with Gasteiger partial charge in [-0.2, -0.15) is 0 Å². The number of benzene rings is 3. The Hall–Kier alpha value is -3.47. The highest BCUT2D eigenvalue weighted by atomic mass is 19.1. The SMILES string of the molecule is O=C(COC(=O)c1ccc(F)cc1)N[C@@H](Cc1ccccc1)c1ccccc1. The van der Waals surface area contributed by atoms with E-state index >= 15 is 0 Å². The van der Waals surface area contributed by atoms with Crippen molar-refractivity contribution in [1.29, 1.82) is 0 Å². The van der Waals surface area contributed by atoms with Gasteiger partial charge in [0.05, 0.1) is 11.6 Å². The van der Waals surface area contributed by atoms with Crippen molar-refractivity contribution < 1.29 is 18.7 Å². The molecule has 0 heterocycles. The third-order valence-corrected chi connectivity index (χ3v) is 4.23. The molecular weight excluding hydrogens is 357 g/mol. The summed E-state index contributed by atoms with van der Waals surface area (Å²) in [5.41, 5.74) is 2.24. The van der Waals surface area contributed by atoms with E-state index in [1.54, 1.807) is 0 Å². The van der Waals surface area contributed by atoms with Crippen molar-refractivity contribution in [3.63, 3.8) is 0 Å². The summed E-state index contributed by atoms with van der Waals surface area (Å²) in [5, 5.41) is 2.92. The van der Waals surface area contributed by atoms with Crippen LogP contribution in [0.1, 0.15) is 27.5 Å². The highest BCUT2D eigenvalue weighted by Crippen LogP contribution is 2.18. The van der Waals surface area contributed by atoms with Crippen LogP contribution in [0.15, 0.2) is 84.9 Å². The minimum absolute atomic E-state index is 0.193. The Kier molecular flexibility index (Phi) is 6.52. The van der Waals surface area contributed by atoms with Crippen molar-refractivity contribution in [2.75, 3.05) is 6.61 Å². The number of carbonyl (C=O) groups excluding carboxylic acids is 2. The summed E-state index contributed by atoms with van der Waals surface area (Å²) in [7, 11) is 0. The molecule has 0 aromatic heterocycles. The third-order valence-electron chi connectivity index (χ3n) is 4.23. The maximum absolute atomic E-state index is 12.9. The van der Waals surface area contributed by atoms with Gasteiger partial charge in [-0.1, -0.05) is 60.7 Å². The molecule has 0 saturated carbocycles. The van der Waals surface area contributed by atoms with Gasteiger partial charge < -0.3 is 10.1 Å². The van der Waals surface area contributed by atoms with Crippen molar-refractivity contribution in [3.05, 3.63) is 107 Å². The monoisotopic (exact) mass is 377 g/mol. The minimum Gasteiger partial charge on any atom is -0.452 e. The fourth-order valence-electron chi connectivity index (χ4n) is 2.82. The first-order chi connectivity index (χ1) is 13.6. The van der Waals surface area contributed by atoms with Crippen LogP contribution in [0, 0.1) is 5.82 Å². The molecule has 142 valence electrons. The van der Waals surface area contributed by atoms with E-state index in [9.17, 15) is 14.0 Å². The average Bonchev–Trinajstić information content (AvgIpc) is 2.73. The van der Waals surface area contributed by atoms with Crippen LogP contribution in [-0.4, -0.2) is 18.5 Å². The Morgan fingerprint density at radius 1 is 0.857 bits per heavy atom. The number of hydrogen-bond donors (Lipinski definition) is 1. The summed E-state index contributed by atoms with van der Waals surface area (Å²) in [5.74, 6) is -1.52. The Balaban J connectivity index is 1.62. The van der Waals surface area contributed by atoms with E-state index in [2.05, 4.69) is 5.32 Å². The molecule has 3 aromatic carbocycles. The Morgan fingerprint density at radius 3 is 2.11 bits per heavy atom. The Labute approximate surface area is 163 Å². The average molecular weight is 377 g/mol. The second-order valence-corrected chi connectivity index (χ2v) is 6.30. The first kappa shape index (κ1) is 19.3. The summed E-state index contributed by atoms with van der Waals surface area (Å²) in [6.07, 6.45) is 0.614. The van der Waals surface area contributed by atoms with E-state index in [-0.39, 0.29) is 11.6 Å². The highest BCUT2D eigenvalue weighted by Gasteiger charge is 2.17. The first-order valence-electron chi connectivity index (χ1n) is 8.93. The molecule has 1 N–H and O–H groups in total. The van der Waals surface area contributed by atoms with Gasteiger partial charge in [0.25, 0.3) is 5.91 Å². The van der Waals surface area contributed by atoms with Gasteiger partial charge in [-0.3, -0.25) is 4.79 Å². The topological polar surface area (TPSA) is 55.4 Å². The van der Waals surface area contributed by atoms with E-state index in [1.807, 2.05) is 60.7 Å². The second kappa shape index (κ2) is 9.46. The van der Waals surface area contributed by atoms with Gasteiger partial charge in [-0.15, -0.1) is 0 Å². The summed E-state index contributed by atoms with van der Waals surface area (Å²) in [6, 6.07) is 24.2. The van der Waals surface area contributed by atoms with Crippen LogP contribution in [0.4, 0.5) is 4.39 Å². The molecule has 3 aromatic rings. The minimum atomic E-state index is -0.672. The van der Waals surface area contributed by atoms with Crippen molar-refractivity contribution >= 4 is 11.9 Å². The molecule has 0 bridgehead atoms. The molecule has 0 fully saturated rings. The predicted octanol–water partition coefficient (Wildman–Crippen LogP) is 4.08. The Bertz CT molecular complexity index is 912. The van der Waals surface area contributed by atoms with Crippen molar-refractivity contribution in [2.24, 2.45) is 0 Å². The van der Waals surface area contributed by atoms with Gasteiger partial charge in [-0.25, -0.2) is 9.18 Å². The lowest BCUT2D eigenvalue weighted by atomic mass is 9.99. The van der Waals surface area contributed by atoms with Crippen LogP contribution in [-0.2, 0) is 16.0 Å². The van der Waals surface area contributed by atoms with Crippen molar-refractivity contribution in [3.8, 4) is 0 Å². The zero-order chi connectivity index (χ0) is 19.8. The van der Waals surface area contributed by atoms with Crippen LogP contribution in [0.5, 0.6) is 0 Å². The van der Waals surface area contributed by atoms with E-state index in [1.165, 1.54) is 24.3 Å². The molecule has 0 spiro atoms. The lowest BCUT2D eigenvalue weighted by Gasteiger charge is -2.19. The third kappa shape index (κ3) is 5.51. The van der Waals surface area contributed by atoms with Gasteiger partial charge in [0.2, 0.25) is 0 Å². The van der Waals surface area contributed by atoms with E-state index in [0.29, 0.717) is 6.42 Å². The second-order valence-electron chi connectivity index (χ2n) is 6.30. The number of rotatable bonds is 7. The number of esters is 1. The summed E-state index contributed by atoms with van der Waals surface area (Å²) in [4.78, 5) is 24.3. The van der Waals surface area contributed by atoms with Gasteiger partial charge in [0.1, 0.15) is 5.82 Å². The maximum atomic E-state index is 12.9. The highest BCUT2D eigenvalue weighted by molar-refractivity contribution is 5.91. The molecule has 0 unspecified atom stereocenters. The van der Waals surface area contributed by atoms with Gasteiger partial charge >= 0.3 is 5.97 Å². The van der Waals surface area contributed by atoms with Crippen molar-refractivity contribution in [2.45, 2.75) is 12.5 Å². The molecule has 0 aliphatic rings. The molecular formula is C23H20FNO3. The van der Waals surface area contributed by atoms with Crippen molar-refractivity contribution in [1.82, 2.24) is 5.32 Å². The number of ether oxygens (including phenoxy) is 1. The predicted molar refractivity (Wildman–Crippen MR) is 104 cm³/mol. The lowest BCUT2D eigenvalue weighted by Crippen LogP contribution is -2.33. The van der Waals surface area contributed by atoms with Crippen LogP contribution in [0.2, 0.25) is 0 Å². The fourth-order valence-corrected chi connectivity index (χ4v) is 2.82. The normalized spacial score (nSPS) is 11.5. The van der Waals surface area contributed by atoms with Crippen LogP contribution in [0.25, 0.3) is 0 Å². The summed E-state index contributed by atoms with van der Waals surface area (Å²) < 4.78 is 18.0. The molecule has 5 heteroatoms. The zero-order valence-electron chi connectivity index (χ0n) is 15.2. The van der Waals surface area contributed by atoms with E-state index in [4.69, 9.17) is 4.74 Å². The molecule has 3 rings (SSSR count). The Morgan fingerprint density at radius 2 is 1.46 bits per heavy atom. The molecule has 0 aliphatic carbocycles. The zero-order valence-corrected chi connectivity index (χ0v) is 15.2. The summed E-state index contributed by atoms with van der Waals surface area (Å²) in [6.45, 7) is -0.408. The molecule has 28 heavy (non-hydrogen) atoms. The number of carbonyl (C=O) groups is 2. The molecule has 0 saturated heterocycles. The number of nitrogens with one attached hydrogen (secondary N) is 1. The fraction of sp³-hybridized carbons (Fsp3) is 0.130. The number of amides is 1. The molecule has 4 nitrogen and oxygen atoms in total. The molecule has 0 radical (unpaired) electrons. The van der Waals surface area contributed by atoms with E-state index < -0.39 is 24.3 Å². The molecule has 1 amide bonds. The summed E-state index contributed by atoms with van der Waals surface area (Å²) >= 11 is 0.